The normalized spacial score (nSPS) is 13.6. The van der Waals surface area contributed by atoms with Gasteiger partial charge in [0.2, 0.25) is 0 Å². The summed E-state index contributed by atoms with van der Waals surface area (Å²) in [5.41, 5.74) is 0. The Labute approximate surface area is 130 Å². The number of carbonyl (C=O) groups is 3. The van der Waals surface area contributed by atoms with Crippen molar-refractivity contribution in [2.75, 3.05) is 6.61 Å². The molecule has 0 aliphatic carbocycles. The average Bonchev–Trinajstić information content (AvgIpc) is 2.34. The summed E-state index contributed by atoms with van der Waals surface area (Å²) in [7, 11) is 0. The van der Waals surface area contributed by atoms with E-state index in [0.717, 1.165) is 11.8 Å². The predicted octanol–water partition coefficient (Wildman–Crippen LogP) is 2.82. The SMILES string of the molecule is C.C.C=CCOC(=O)C(C)(CC)SC(CC(=O)O)C(=O)O. The molecule has 0 aliphatic heterocycles. The van der Waals surface area contributed by atoms with Gasteiger partial charge in [0.05, 0.1) is 6.42 Å². The number of ether oxygens (including phenoxy) is 1. The van der Waals surface area contributed by atoms with E-state index in [4.69, 9.17) is 14.9 Å². The standard InChI is InChI=1S/C12H18O6S.2CH4/c1-4-6-18-11(17)12(3,5-2)19-8(10(15)16)7-9(13)14;;/h4,8H,1,5-7H2,2-3H3,(H,13,14)(H,15,16);2*1H4. The first-order chi connectivity index (χ1) is 8.76. The zero-order chi connectivity index (χ0) is 15.1. The summed E-state index contributed by atoms with van der Waals surface area (Å²) in [6.45, 7) is 6.70. The van der Waals surface area contributed by atoms with Crippen molar-refractivity contribution in [2.45, 2.75) is 51.5 Å². The highest BCUT2D eigenvalue weighted by atomic mass is 32.2. The molecule has 0 spiro atoms. The number of carbonyl (C=O) groups excluding carboxylic acids is 1. The molecule has 0 saturated heterocycles. The van der Waals surface area contributed by atoms with Crippen LogP contribution in [0, 0.1) is 0 Å². The molecule has 0 bridgehead atoms. The number of aliphatic carboxylic acids is 2. The van der Waals surface area contributed by atoms with Gasteiger partial charge >= 0.3 is 17.9 Å². The van der Waals surface area contributed by atoms with Gasteiger partial charge in [0.15, 0.2) is 0 Å². The highest BCUT2D eigenvalue weighted by Crippen LogP contribution is 2.35. The van der Waals surface area contributed by atoms with Gasteiger partial charge in [-0.05, 0) is 13.3 Å². The van der Waals surface area contributed by atoms with Gasteiger partial charge in [0, 0.05) is 0 Å². The van der Waals surface area contributed by atoms with E-state index in [1.807, 2.05) is 0 Å². The summed E-state index contributed by atoms with van der Waals surface area (Å²) < 4.78 is 3.82. The molecular formula is C14H26O6S. The third kappa shape index (κ3) is 8.39. The lowest BCUT2D eigenvalue weighted by Gasteiger charge is -2.27. The maximum Gasteiger partial charge on any atom is 0.322 e. The lowest BCUT2D eigenvalue weighted by molar-refractivity contribution is -0.145. The van der Waals surface area contributed by atoms with Crippen LogP contribution >= 0.6 is 11.8 Å². The minimum atomic E-state index is -1.26. The van der Waals surface area contributed by atoms with E-state index < -0.39 is 34.3 Å². The van der Waals surface area contributed by atoms with Gasteiger partial charge in [-0.3, -0.25) is 14.4 Å². The second kappa shape index (κ2) is 11.2. The highest BCUT2D eigenvalue weighted by Gasteiger charge is 2.39. The number of carboxylic acid groups (broad SMARTS) is 2. The maximum absolute atomic E-state index is 11.9. The summed E-state index contributed by atoms with van der Waals surface area (Å²) in [4.78, 5) is 33.5. The predicted molar refractivity (Wildman–Crippen MR) is 84.6 cm³/mol. The van der Waals surface area contributed by atoms with Gasteiger partial charge in [-0.1, -0.05) is 34.4 Å². The zero-order valence-corrected chi connectivity index (χ0v) is 11.7. The fraction of sp³-hybridized carbons (Fsp3) is 0.643. The molecule has 6 nitrogen and oxygen atoms in total. The van der Waals surface area contributed by atoms with Crippen LogP contribution in [0.3, 0.4) is 0 Å². The quantitative estimate of drug-likeness (QED) is 0.497. The van der Waals surface area contributed by atoms with Crippen LogP contribution in [0.25, 0.3) is 0 Å². The summed E-state index contributed by atoms with van der Waals surface area (Å²) in [6, 6.07) is 0. The van der Waals surface area contributed by atoms with E-state index in [0.29, 0.717) is 6.42 Å². The Morgan fingerprint density at radius 2 is 1.86 bits per heavy atom. The summed E-state index contributed by atoms with van der Waals surface area (Å²) in [5, 5.41) is 16.5. The molecule has 0 heterocycles. The fourth-order valence-electron chi connectivity index (χ4n) is 1.22. The Balaban J connectivity index is -0.00000162. The van der Waals surface area contributed by atoms with Crippen molar-refractivity contribution in [1.29, 1.82) is 0 Å². The van der Waals surface area contributed by atoms with Gasteiger partial charge in [-0.25, -0.2) is 0 Å². The van der Waals surface area contributed by atoms with Gasteiger partial charge in [0.1, 0.15) is 16.6 Å². The monoisotopic (exact) mass is 322 g/mol. The Morgan fingerprint density at radius 3 is 2.19 bits per heavy atom. The third-order valence-electron chi connectivity index (χ3n) is 2.48. The molecule has 0 fully saturated rings. The molecule has 0 aromatic carbocycles. The molecule has 124 valence electrons. The van der Waals surface area contributed by atoms with Crippen molar-refractivity contribution in [3.05, 3.63) is 12.7 Å². The van der Waals surface area contributed by atoms with Crippen molar-refractivity contribution in [1.82, 2.24) is 0 Å². The van der Waals surface area contributed by atoms with Gasteiger partial charge in [-0.15, -0.1) is 11.8 Å². The van der Waals surface area contributed by atoms with E-state index >= 15 is 0 Å². The van der Waals surface area contributed by atoms with Gasteiger partial charge in [0.25, 0.3) is 0 Å². The van der Waals surface area contributed by atoms with Crippen LogP contribution in [0.1, 0.15) is 41.5 Å². The Hall–Kier alpha value is -1.50. The van der Waals surface area contributed by atoms with Crippen LogP contribution < -0.4 is 0 Å². The third-order valence-corrected chi connectivity index (χ3v) is 4.10. The van der Waals surface area contributed by atoms with Crippen molar-refractivity contribution in [2.24, 2.45) is 0 Å². The molecule has 2 unspecified atom stereocenters. The van der Waals surface area contributed by atoms with Crippen molar-refractivity contribution in [3.63, 3.8) is 0 Å². The Kier molecular flexibility index (Phi) is 13.1. The molecule has 0 radical (unpaired) electrons. The number of esters is 1. The largest absolute Gasteiger partial charge is 0.481 e. The lowest BCUT2D eigenvalue weighted by Crippen LogP contribution is -2.37. The zero-order valence-electron chi connectivity index (χ0n) is 10.9. The number of rotatable bonds is 9. The fourth-order valence-corrected chi connectivity index (χ4v) is 2.49. The number of thioether (sulfide) groups is 1. The van der Waals surface area contributed by atoms with Crippen LogP contribution in [-0.2, 0) is 19.1 Å². The van der Waals surface area contributed by atoms with E-state index in [-0.39, 0.29) is 21.5 Å². The van der Waals surface area contributed by atoms with Crippen LogP contribution in [0.15, 0.2) is 12.7 Å². The van der Waals surface area contributed by atoms with Crippen LogP contribution in [-0.4, -0.2) is 44.7 Å². The molecule has 21 heavy (non-hydrogen) atoms. The second-order valence-corrected chi connectivity index (χ2v) is 5.72. The van der Waals surface area contributed by atoms with Gasteiger partial charge < -0.3 is 14.9 Å². The smallest absolute Gasteiger partial charge is 0.322 e. The number of carboxylic acids is 2. The lowest BCUT2D eigenvalue weighted by atomic mass is 10.1. The first-order valence-electron chi connectivity index (χ1n) is 5.67. The molecule has 7 heteroatoms. The van der Waals surface area contributed by atoms with E-state index in [9.17, 15) is 14.4 Å². The minimum Gasteiger partial charge on any atom is -0.481 e. The van der Waals surface area contributed by atoms with E-state index in [1.54, 1.807) is 13.8 Å². The van der Waals surface area contributed by atoms with Crippen LogP contribution in [0.5, 0.6) is 0 Å². The summed E-state index contributed by atoms with van der Waals surface area (Å²) >= 11 is 0.798. The average molecular weight is 322 g/mol. The first-order valence-corrected chi connectivity index (χ1v) is 6.55. The first kappa shape index (κ1) is 24.5. The van der Waals surface area contributed by atoms with Crippen molar-refractivity contribution < 1.29 is 29.3 Å². The number of hydrogen-bond acceptors (Lipinski definition) is 5. The highest BCUT2D eigenvalue weighted by molar-refractivity contribution is 8.02. The summed E-state index contributed by atoms with van der Waals surface area (Å²) in [6.07, 6.45) is 1.19. The molecule has 0 saturated carbocycles. The molecule has 2 N–H and O–H groups in total. The molecule has 0 aromatic heterocycles. The van der Waals surface area contributed by atoms with Crippen LogP contribution in [0.2, 0.25) is 0 Å². The Bertz CT molecular complexity index is 368. The molecule has 0 amide bonds. The summed E-state index contributed by atoms with van der Waals surface area (Å²) in [5.74, 6) is -3.06. The van der Waals surface area contributed by atoms with Crippen molar-refractivity contribution in [3.8, 4) is 0 Å². The second-order valence-electron chi connectivity index (χ2n) is 4.01. The topological polar surface area (TPSA) is 101 Å². The minimum absolute atomic E-state index is 0. The molecule has 0 aromatic rings. The van der Waals surface area contributed by atoms with Crippen LogP contribution in [0.4, 0.5) is 0 Å². The molecule has 2 atom stereocenters. The maximum atomic E-state index is 11.9. The molecule has 0 aliphatic rings. The molecule has 0 rings (SSSR count). The Morgan fingerprint density at radius 1 is 1.33 bits per heavy atom. The van der Waals surface area contributed by atoms with E-state index in [2.05, 4.69) is 6.58 Å². The molecular weight excluding hydrogens is 296 g/mol. The van der Waals surface area contributed by atoms with Gasteiger partial charge in [-0.2, -0.15) is 0 Å². The van der Waals surface area contributed by atoms with E-state index in [1.165, 1.54) is 6.08 Å². The number of hydrogen-bond donors (Lipinski definition) is 2. The van der Waals surface area contributed by atoms with Crippen molar-refractivity contribution >= 4 is 29.7 Å².